The average Bonchev–Trinajstić information content (AvgIpc) is 3.01. The van der Waals surface area contributed by atoms with Gasteiger partial charge in [-0.2, -0.15) is 5.10 Å². The predicted octanol–water partition coefficient (Wildman–Crippen LogP) is 3.70. The highest BCUT2D eigenvalue weighted by Crippen LogP contribution is 2.22. The zero-order chi connectivity index (χ0) is 20.3. The van der Waals surface area contributed by atoms with E-state index in [1.807, 2.05) is 49.5 Å². The topological polar surface area (TPSA) is 50.6 Å². The Morgan fingerprint density at radius 3 is 2.54 bits per heavy atom. The minimum absolute atomic E-state index is 0.0918. The molecule has 1 aliphatic rings. The number of aryl methyl sites for hydroxylation is 1. The predicted molar refractivity (Wildman–Crippen MR) is 110 cm³/mol. The lowest BCUT2D eigenvalue weighted by Gasteiger charge is -2.45. The van der Waals surface area contributed by atoms with Crippen molar-refractivity contribution < 1.29 is 9.53 Å². The minimum Gasteiger partial charge on any atom is -0.444 e. The fourth-order valence-electron chi connectivity index (χ4n) is 3.65. The molecule has 1 aliphatic heterocycles. The van der Waals surface area contributed by atoms with Crippen LogP contribution in [-0.4, -0.2) is 56.4 Å². The number of benzene rings is 1. The van der Waals surface area contributed by atoms with Gasteiger partial charge in [-0.15, -0.1) is 0 Å². The number of carbonyl (C=O) groups excluding carboxylic acids is 1. The maximum absolute atomic E-state index is 12.8. The van der Waals surface area contributed by atoms with E-state index in [1.165, 1.54) is 5.56 Å². The Kier molecular flexibility index (Phi) is 6.08. The van der Waals surface area contributed by atoms with Gasteiger partial charge in [0.15, 0.2) is 0 Å². The number of aromatic nitrogens is 2. The lowest BCUT2D eigenvalue weighted by atomic mass is 10.1. The third-order valence-corrected chi connectivity index (χ3v) is 4.97. The van der Waals surface area contributed by atoms with Crippen LogP contribution in [0.3, 0.4) is 0 Å². The van der Waals surface area contributed by atoms with Gasteiger partial charge in [-0.1, -0.05) is 30.3 Å². The zero-order valence-corrected chi connectivity index (χ0v) is 17.6. The Balaban J connectivity index is 1.78. The van der Waals surface area contributed by atoms with Crippen LogP contribution in [0.25, 0.3) is 0 Å². The molecule has 1 aromatic heterocycles. The average molecular weight is 385 g/mol. The van der Waals surface area contributed by atoms with Crippen LogP contribution >= 0.6 is 0 Å². The molecule has 0 unspecified atom stereocenters. The van der Waals surface area contributed by atoms with E-state index >= 15 is 0 Å². The summed E-state index contributed by atoms with van der Waals surface area (Å²) in [5, 5.41) is 4.45. The van der Waals surface area contributed by atoms with Gasteiger partial charge >= 0.3 is 6.09 Å². The van der Waals surface area contributed by atoms with Crippen LogP contribution in [0.5, 0.6) is 0 Å². The monoisotopic (exact) mass is 384 g/mol. The van der Waals surface area contributed by atoms with E-state index in [0.29, 0.717) is 6.54 Å². The first-order valence-corrected chi connectivity index (χ1v) is 9.98. The van der Waals surface area contributed by atoms with Crippen LogP contribution in [0.1, 0.15) is 38.8 Å². The highest BCUT2D eigenvalue weighted by Gasteiger charge is 2.36. The molecular formula is C22H32N4O2. The molecule has 3 rings (SSSR count). The molecule has 0 saturated carbocycles. The molecule has 1 aromatic carbocycles. The lowest BCUT2D eigenvalue weighted by Crippen LogP contribution is -2.60. The van der Waals surface area contributed by atoms with E-state index < -0.39 is 5.60 Å². The summed E-state index contributed by atoms with van der Waals surface area (Å²) in [6.07, 6.45) is 3.69. The highest BCUT2D eigenvalue weighted by molar-refractivity contribution is 5.68. The summed E-state index contributed by atoms with van der Waals surface area (Å²) < 4.78 is 7.62. The molecule has 1 saturated heterocycles. The Bertz CT molecular complexity index is 781. The fourth-order valence-corrected chi connectivity index (χ4v) is 3.65. The SMILES string of the molecule is Cc1cnn(C[C@H]2CN(C(=O)OC(C)(C)C)[C@H](C)CN2Cc2ccccc2)c1. The van der Waals surface area contributed by atoms with Crippen molar-refractivity contribution in [2.24, 2.45) is 0 Å². The van der Waals surface area contributed by atoms with Gasteiger partial charge in [-0.05, 0) is 45.7 Å². The second-order valence-electron chi connectivity index (χ2n) is 8.79. The van der Waals surface area contributed by atoms with Crippen molar-refractivity contribution in [3.05, 3.63) is 53.9 Å². The minimum atomic E-state index is -0.493. The first-order chi connectivity index (χ1) is 13.2. The molecule has 0 radical (unpaired) electrons. The van der Waals surface area contributed by atoms with Gasteiger partial charge in [-0.3, -0.25) is 9.58 Å². The molecule has 152 valence electrons. The quantitative estimate of drug-likeness (QED) is 0.806. The molecule has 6 nitrogen and oxygen atoms in total. The molecule has 0 spiro atoms. The molecule has 28 heavy (non-hydrogen) atoms. The molecular weight excluding hydrogens is 352 g/mol. The van der Waals surface area contributed by atoms with Crippen LogP contribution in [0, 0.1) is 6.92 Å². The first kappa shape index (κ1) is 20.4. The van der Waals surface area contributed by atoms with Crippen LogP contribution < -0.4 is 0 Å². The van der Waals surface area contributed by atoms with E-state index in [-0.39, 0.29) is 18.2 Å². The normalized spacial score (nSPS) is 21.0. The summed E-state index contributed by atoms with van der Waals surface area (Å²) in [7, 11) is 0. The van der Waals surface area contributed by atoms with Crippen LogP contribution in [0.15, 0.2) is 42.7 Å². The largest absolute Gasteiger partial charge is 0.444 e. The van der Waals surface area contributed by atoms with Gasteiger partial charge in [0.2, 0.25) is 0 Å². The number of nitrogens with zero attached hydrogens (tertiary/aromatic N) is 4. The number of ether oxygens (including phenoxy) is 1. The fraction of sp³-hybridized carbons (Fsp3) is 0.545. The summed E-state index contributed by atoms with van der Waals surface area (Å²) in [6, 6.07) is 10.7. The number of hydrogen-bond donors (Lipinski definition) is 0. The summed E-state index contributed by atoms with van der Waals surface area (Å²) in [5.41, 5.74) is 1.93. The van der Waals surface area contributed by atoms with Gasteiger partial charge in [0.25, 0.3) is 0 Å². The molecule has 2 aromatic rings. The molecule has 1 fully saturated rings. The van der Waals surface area contributed by atoms with E-state index in [9.17, 15) is 4.79 Å². The van der Waals surface area contributed by atoms with Gasteiger partial charge in [0.1, 0.15) is 5.60 Å². The maximum Gasteiger partial charge on any atom is 0.410 e. The third-order valence-electron chi connectivity index (χ3n) is 4.97. The smallest absolute Gasteiger partial charge is 0.410 e. The Morgan fingerprint density at radius 1 is 1.21 bits per heavy atom. The Hall–Kier alpha value is -2.34. The van der Waals surface area contributed by atoms with Crippen molar-refractivity contribution in [2.45, 2.75) is 65.4 Å². The summed E-state index contributed by atoms with van der Waals surface area (Å²) >= 11 is 0. The van der Waals surface area contributed by atoms with Crippen molar-refractivity contribution in [3.63, 3.8) is 0 Å². The van der Waals surface area contributed by atoms with Gasteiger partial charge < -0.3 is 9.64 Å². The first-order valence-electron chi connectivity index (χ1n) is 9.98. The number of amides is 1. The number of piperazine rings is 1. The molecule has 0 N–H and O–H groups in total. The summed E-state index contributed by atoms with van der Waals surface area (Å²) in [4.78, 5) is 17.1. The van der Waals surface area contributed by atoms with Crippen molar-refractivity contribution in [1.29, 1.82) is 0 Å². The van der Waals surface area contributed by atoms with Crippen molar-refractivity contribution in [1.82, 2.24) is 19.6 Å². The van der Waals surface area contributed by atoms with E-state index in [1.54, 1.807) is 0 Å². The number of carbonyl (C=O) groups is 1. The van der Waals surface area contributed by atoms with Crippen molar-refractivity contribution in [2.75, 3.05) is 13.1 Å². The second-order valence-corrected chi connectivity index (χ2v) is 8.79. The molecule has 6 heteroatoms. The van der Waals surface area contributed by atoms with Gasteiger partial charge in [0, 0.05) is 37.9 Å². The summed E-state index contributed by atoms with van der Waals surface area (Å²) in [5.74, 6) is 0. The summed E-state index contributed by atoms with van der Waals surface area (Å²) in [6.45, 7) is 12.9. The van der Waals surface area contributed by atoms with E-state index in [2.05, 4.69) is 47.4 Å². The standard InChI is InChI=1S/C22H32N4O2/c1-17-11-23-25(12-17)15-20-16-26(21(27)28-22(3,4)5)18(2)13-24(20)14-19-9-7-6-8-10-19/h6-12,18,20H,13-16H2,1-5H3/t18-,20+/m1/s1. The third kappa shape index (κ3) is 5.35. The molecule has 2 heterocycles. The van der Waals surface area contributed by atoms with Crippen LogP contribution in [0.4, 0.5) is 4.79 Å². The van der Waals surface area contributed by atoms with Crippen molar-refractivity contribution >= 4 is 6.09 Å². The van der Waals surface area contributed by atoms with E-state index in [4.69, 9.17) is 4.74 Å². The Morgan fingerprint density at radius 2 is 1.93 bits per heavy atom. The second kappa shape index (κ2) is 8.35. The molecule has 1 amide bonds. The van der Waals surface area contributed by atoms with Crippen LogP contribution in [0.2, 0.25) is 0 Å². The number of rotatable bonds is 4. The number of hydrogen-bond acceptors (Lipinski definition) is 4. The van der Waals surface area contributed by atoms with Crippen molar-refractivity contribution in [3.8, 4) is 0 Å². The van der Waals surface area contributed by atoms with Gasteiger partial charge in [0.05, 0.1) is 12.7 Å². The molecule has 2 atom stereocenters. The van der Waals surface area contributed by atoms with Crippen LogP contribution in [-0.2, 0) is 17.8 Å². The zero-order valence-electron chi connectivity index (χ0n) is 17.6. The van der Waals surface area contributed by atoms with Gasteiger partial charge in [-0.25, -0.2) is 4.79 Å². The highest BCUT2D eigenvalue weighted by atomic mass is 16.6. The maximum atomic E-state index is 12.8. The lowest BCUT2D eigenvalue weighted by molar-refractivity contribution is -0.0177. The molecule has 0 aliphatic carbocycles. The molecule has 0 bridgehead atoms. The van der Waals surface area contributed by atoms with E-state index in [0.717, 1.165) is 25.2 Å². The Labute approximate surface area is 168 Å².